The third kappa shape index (κ3) is 6.36. The summed E-state index contributed by atoms with van der Waals surface area (Å²) in [6.07, 6.45) is 0.743. The van der Waals surface area contributed by atoms with E-state index in [1.165, 1.54) is 6.08 Å². The van der Waals surface area contributed by atoms with Crippen molar-refractivity contribution in [3.63, 3.8) is 0 Å². The number of carbonyl (C=O) groups excluding carboxylic acids is 2. The van der Waals surface area contributed by atoms with Gasteiger partial charge in [0.15, 0.2) is 0 Å². The zero-order valence-electron chi connectivity index (χ0n) is 6.00. The first-order valence-electron chi connectivity index (χ1n) is 2.96. The minimum atomic E-state index is -0.677. The van der Waals surface area contributed by atoms with Gasteiger partial charge in [-0.25, -0.2) is 4.79 Å². The predicted molar refractivity (Wildman–Crippen MR) is 38.7 cm³/mol. The number of carbonyl (C=O) groups is 2. The molecule has 0 aliphatic rings. The first-order valence-corrected chi connectivity index (χ1v) is 2.96. The molecule has 0 aliphatic heterocycles. The molecule has 0 saturated carbocycles. The third-order valence-corrected chi connectivity index (χ3v) is 0.739. The van der Waals surface area contributed by atoms with Crippen molar-refractivity contribution in [1.82, 2.24) is 5.32 Å². The number of ether oxygens (including phenoxy) is 1. The van der Waals surface area contributed by atoms with Gasteiger partial charge in [-0.15, -0.1) is 0 Å². The Hall–Kier alpha value is -1.52. The lowest BCUT2D eigenvalue weighted by molar-refractivity contribution is -0.117. The van der Waals surface area contributed by atoms with E-state index in [1.54, 1.807) is 0 Å². The average Bonchev–Trinajstić information content (AvgIpc) is 1.97. The van der Waals surface area contributed by atoms with Crippen molar-refractivity contribution < 1.29 is 14.3 Å². The summed E-state index contributed by atoms with van der Waals surface area (Å²) in [7, 11) is 0. The Kier molecular flexibility index (Phi) is 4.55. The standard InChI is InChI=1S/C6H10N2O3/c1-2-3-11-6(10)8-4-5(7)9/h2H,1,3-4H2,(H2,7,9)(H,8,10). The molecule has 0 aliphatic carbocycles. The van der Waals surface area contributed by atoms with E-state index in [0.717, 1.165) is 0 Å². The SMILES string of the molecule is C=CCOC(=O)NCC(N)=O. The number of rotatable bonds is 4. The maximum atomic E-state index is 10.5. The Morgan fingerprint density at radius 3 is 2.73 bits per heavy atom. The maximum absolute atomic E-state index is 10.5. The number of nitrogens with one attached hydrogen (secondary N) is 1. The molecule has 0 bridgehead atoms. The Morgan fingerprint density at radius 2 is 2.27 bits per heavy atom. The molecule has 0 aromatic heterocycles. The lowest BCUT2D eigenvalue weighted by atomic mass is 10.6. The van der Waals surface area contributed by atoms with Crippen LogP contribution in [0.4, 0.5) is 4.79 Å². The summed E-state index contributed by atoms with van der Waals surface area (Å²) >= 11 is 0. The molecule has 0 unspecified atom stereocenters. The van der Waals surface area contributed by atoms with Crippen LogP contribution in [0.2, 0.25) is 0 Å². The molecule has 0 heterocycles. The maximum Gasteiger partial charge on any atom is 0.407 e. The number of primary amides is 1. The van der Waals surface area contributed by atoms with Gasteiger partial charge in [0.2, 0.25) is 5.91 Å². The van der Waals surface area contributed by atoms with Gasteiger partial charge in [0.05, 0.1) is 6.54 Å². The van der Waals surface area contributed by atoms with Crippen molar-refractivity contribution in [2.75, 3.05) is 13.2 Å². The first-order chi connectivity index (χ1) is 5.16. The third-order valence-electron chi connectivity index (χ3n) is 0.739. The molecule has 3 N–H and O–H groups in total. The summed E-state index contributed by atoms with van der Waals surface area (Å²) in [5.74, 6) is -0.611. The Bertz CT molecular complexity index is 167. The summed E-state index contributed by atoms with van der Waals surface area (Å²) < 4.78 is 4.47. The van der Waals surface area contributed by atoms with Crippen molar-refractivity contribution in [2.45, 2.75) is 0 Å². The van der Waals surface area contributed by atoms with E-state index in [1.807, 2.05) is 0 Å². The topological polar surface area (TPSA) is 81.4 Å². The second-order valence-electron chi connectivity index (χ2n) is 1.71. The van der Waals surface area contributed by atoms with Crippen LogP contribution in [0.25, 0.3) is 0 Å². The number of hydrogen-bond acceptors (Lipinski definition) is 3. The van der Waals surface area contributed by atoms with Gasteiger partial charge >= 0.3 is 6.09 Å². The van der Waals surface area contributed by atoms with Crippen LogP contribution in [0, 0.1) is 0 Å². The lowest BCUT2D eigenvalue weighted by Gasteiger charge is -2.01. The van der Waals surface area contributed by atoms with Crippen LogP contribution in [-0.4, -0.2) is 25.2 Å². The highest BCUT2D eigenvalue weighted by molar-refractivity contribution is 5.80. The Balaban J connectivity index is 3.37. The van der Waals surface area contributed by atoms with E-state index in [4.69, 9.17) is 5.73 Å². The van der Waals surface area contributed by atoms with Crippen LogP contribution in [0.15, 0.2) is 12.7 Å². The highest BCUT2D eigenvalue weighted by Crippen LogP contribution is 1.76. The first kappa shape index (κ1) is 9.48. The van der Waals surface area contributed by atoms with Crippen molar-refractivity contribution in [3.05, 3.63) is 12.7 Å². The van der Waals surface area contributed by atoms with Crippen molar-refractivity contribution >= 4 is 12.0 Å². The number of alkyl carbamates (subject to hydrolysis) is 1. The summed E-state index contributed by atoms with van der Waals surface area (Å²) in [6, 6.07) is 0. The summed E-state index contributed by atoms with van der Waals surface area (Å²) in [5.41, 5.74) is 4.74. The summed E-state index contributed by atoms with van der Waals surface area (Å²) in [4.78, 5) is 20.6. The minimum Gasteiger partial charge on any atom is -0.445 e. The Morgan fingerprint density at radius 1 is 1.64 bits per heavy atom. The van der Waals surface area contributed by atoms with Crippen LogP contribution < -0.4 is 11.1 Å². The predicted octanol–water partition coefficient (Wildman–Crippen LogP) is -0.616. The normalized spacial score (nSPS) is 8.36. The zero-order chi connectivity index (χ0) is 8.69. The van der Waals surface area contributed by atoms with Gasteiger partial charge in [-0.2, -0.15) is 0 Å². The van der Waals surface area contributed by atoms with Gasteiger partial charge in [0.25, 0.3) is 0 Å². The number of amides is 2. The van der Waals surface area contributed by atoms with Crippen LogP contribution >= 0.6 is 0 Å². The van der Waals surface area contributed by atoms with E-state index in [0.29, 0.717) is 0 Å². The molecular formula is C6H10N2O3. The fraction of sp³-hybridized carbons (Fsp3) is 0.333. The van der Waals surface area contributed by atoms with Crippen molar-refractivity contribution in [2.24, 2.45) is 5.73 Å². The largest absolute Gasteiger partial charge is 0.445 e. The number of hydrogen-bond donors (Lipinski definition) is 2. The van der Waals surface area contributed by atoms with E-state index < -0.39 is 12.0 Å². The fourth-order valence-corrected chi connectivity index (χ4v) is 0.345. The summed E-state index contributed by atoms with van der Waals surface area (Å²) in [6.45, 7) is 3.23. The van der Waals surface area contributed by atoms with Gasteiger partial charge in [0.1, 0.15) is 6.61 Å². The minimum absolute atomic E-state index is 0.116. The Labute approximate surface area is 64.2 Å². The smallest absolute Gasteiger partial charge is 0.407 e. The molecule has 0 atom stereocenters. The molecule has 0 radical (unpaired) electrons. The molecule has 5 nitrogen and oxygen atoms in total. The summed E-state index contributed by atoms with van der Waals surface area (Å²) in [5, 5.41) is 2.13. The van der Waals surface area contributed by atoms with E-state index >= 15 is 0 Å². The molecule has 11 heavy (non-hydrogen) atoms. The van der Waals surface area contributed by atoms with Crippen molar-refractivity contribution in [1.29, 1.82) is 0 Å². The lowest BCUT2D eigenvalue weighted by Crippen LogP contribution is -2.33. The highest BCUT2D eigenvalue weighted by Gasteiger charge is 2.00. The van der Waals surface area contributed by atoms with Crippen LogP contribution in [0.5, 0.6) is 0 Å². The van der Waals surface area contributed by atoms with Gasteiger partial charge in [-0.05, 0) is 0 Å². The van der Waals surface area contributed by atoms with Crippen molar-refractivity contribution in [3.8, 4) is 0 Å². The van der Waals surface area contributed by atoms with Crippen LogP contribution in [-0.2, 0) is 9.53 Å². The molecule has 2 amide bonds. The molecular weight excluding hydrogens is 148 g/mol. The molecule has 0 fully saturated rings. The fourth-order valence-electron chi connectivity index (χ4n) is 0.345. The van der Waals surface area contributed by atoms with E-state index in [2.05, 4.69) is 16.6 Å². The molecule has 0 saturated heterocycles. The van der Waals surface area contributed by atoms with Gasteiger partial charge in [-0.1, -0.05) is 12.7 Å². The second-order valence-corrected chi connectivity index (χ2v) is 1.71. The van der Waals surface area contributed by atoms with Gasteiger partial charge in [-0.3, -0.25) is 4.79 Å². The second kappa shape index (κ2) is 5.28. The van der Waals surface area contributed by atoms with Gasteiger partial charge in [0, 0.05) is 0 Å². The zero-order valence-corrected chi connectivity index (χ0v) is 6.00. The molecule has 0 aromatic rings. The molecule has 0 spiro atoms. The van der Waals surface area contributed by atoms with Crippen LogP contribution in [0.1, 0.15) is 0 Å². The van der Waals surface area contributed by atoms with Crippen LogP contribution in [0.3, 0.4) is 0 Å². The molecule has 0 rings (SSSR count). The van der Waals surface area contributed by atoms with Gasteiger partial charge < -0.3 is 15.8 Å². The number of nitrogens with two attached hydrogens (primary N) is 1. The molecule has 0 aromatic carbocycles. The quantitative estimate of drug-likeness (QED) is 0.535. The highest BCUT2D eigenvalue weighted by atomic mass is 16.5. The molecule has 5 heteroatoms. The average molecular weight is 158 g/mol. The van der Waals surface area contributed by atoms with E-state index in [9.17, 15) is 9.59 Å². The molecule has 62 valence electrons. The van der Waals surface area contributed by atoms with E-state index in [-0.39, 0.29) is 13.2 Å². The monoisotopic (exact) mass is 158 g/mol.